The van der Waals surface area contributed by atoms with Crippen LogP contribution in [-0.2, 0) is 10.8 Å². The second kappa shape index (κ2) is 6.79. The fourth-order valence-electron chi connectivity index (χ4n) is 3.18. The van der Waals surface area contributed by atoms with Gasteiger partial charge < -0.3 is 14.8 Å². The Hall–Kier alpha value is -1.07. The molecule has 0 spiro atoms. The van der Waals surface area contributed by atoms with Crippen LogP contribution in [-0.4, -0.2) is 35.8 Å². The van der Waals surface area contributed by atoms with Crippen molar-refractivity contribution < 1.29 is 13.7 Å². The van der Waals surface area contributed by atoms with Crippen LogP contribution >= 0.6 is 0 Å². The summed E-state index contributed by atoms with van der Waals surface area (Å²) in [5.41, 5.74) is 0. The Morgan fingerprint density at radius 3 is 2.67 bits per heavy atom. The Balaban J connectivity index is 1.83. The van der Waals surface area contributed by atoms with Gasteiger partial charge in [0.2, 0.25) is 0 Å². The predicted octanol–water partition coefficient (Wildman–Crippen LogP) is 2.49. The molecule has 1 aliphatic carbocycles. The van der Waals surface area contributed by atoms with Gasteiger partial charge >= 0.3 is 0 Å². The fourth-order valence-corrected chi connectivity index (χ4v) is 4.91. The van der Waals surface area contributed by atoms with Crippen molar-refractivity contribution in [2.75, 3.05) is 20.3 Å². The van der Waals surface area contributed by atoms with Crippen molar-refractivity contribution in [3.63, 3.8) is 0 Å². The molecule has 1 aromatic rings. The molecular weight excluding hydrogens is 286 g/mol. The van der Waals surface area contributed by atoms with Gasteiger partial charge in [-0.3, -0.25) is 4.21 Å². The fraction of sp³-hybridized carbons (Fsp3) is 0.625. The largest absolute Gasteiger partial charge is 0.486 e. The number of hydrogen-bond donors (Lipinski definition) is 1. The zero-order valence-corrected chi connectivity index (χ0v) is 13.3. The lowest BCUT2D eigenvalue weighted by Gasteiger charge is -2.25. The van der Waals surface area contributed by atoms with Gasteiger partial charge in [0.05, 0.1) is 16.0 Å². The molecule has 0 radical (unpaired) electrons. The van der Waals surface area contributed by atoms with E-state index in [1.54, 1.807) is 0 Å². The summed E-state index contributed by atoms with van der Waals surface area (Å²) in [4.78, 5) is 0.853. The van der Waals surface area contributed by atoms with Gasteiger partial charge in [0.1, 0.15) is 13.2 Å². The second-order valence-electron chi connectivity index (χ2n) is 5.67. The lowest BCUT2D eigenvalue weighted by Crippen LogP contribution is -2.39. The number of rotatable bonds is 3. The highest BCUT2D eigenvalue weighted by Crippen LogP contribution is 2.34. The first-order valence-corrected chi connectivity index (χ1v) is 8.98. The van der Waals surface area contributed by atoms with Gasteiger partial charge in [0.15, 0.2) is 11.5 Å². The third-order valence-electron chi connectivity index (χ3n) is 4.34. The Morgan fingerprint density at radius 1 is 1.10 bits per heavy atom. The van der Waals surface area contributed by atoms with Crippen molar-refractivity contribution in [2.24, 2.45) is 0 Å². The highest BCUT2D eigenvalue weighted by molar-refractivity contribution is 7.85. The number of ether oxygens (including phenoxy) is 2. The van der Waals surface area contributed by atoms with Gasteiger partial charge in [-0.2, -0.15) is 0 Å². The van der Waals surface area contributed by atoms with E-state index in [9.17, 15) is 4.21 Å². The quantitative estimate of drug-likeness (QED) is 0.872. The molecule has 5 heteroatoms. The van der Waals surface area contributed by atoms with E-state index < -0.39 is 10.8 Å². The van der Waals surface area contributed by atoms with E-state index in [1.807, 2.05) is 25.2 Å². The van der Waals surface area contributed by atoms with E-state index in [4.69, 9.17) is 9.47 Å². The van der Waals surface area contributed by atoms with Crippen LogP contribution in [0.3, 0.4) is 0 Å². The normalized spacial score (nSPS) is 26.9. The van der Waals surface area contributed by atoms with Crippen LogP contribution in [0.5, 0.6) is 11.5 Å². The number of hydrogen-bond acceptors (Lipinski definition) is 4. The molecule has 116 valence electrons. The van der Waals surface area contributed by atoms with Gasteiger partial charge in [-0.15, -0.1) is 0 Å². The Bertz CT molecular complexity index is 520. The van der Waals surface area contributed by atoms with Crippen molar-refractivity contribution in [3.05, 3.63) is 18.2 Å². The number of benzene rings is 1. The summed E-state index contributed by atoms with van der Waals surface area (Å²) in [6.45, 7) is 1.14. The zero-order chi connectivity index (χ0) is 14.7. The first-order valence-electron chi connectivity index (χ1n) is 7.77. The van der Waals surface area contributed by atoms with Crippen molar-refractivity contribution >= 4 is 10.8 Å². The predicted molar refractivity (Wildman–Crippen MR) is 83.6 cm³/mol. The lowest BCUT2D eigenvalue weighted by molar-refractivity contribution is 0.171. The van der Waals surface area contributed by atoms with Crippen LogP contribution in [0, 0.1) is 0 Å². The van der Waals surface area contributed by atoms with Crippen LogP contribution in [0.15, 0.2) is 23.1 Å². The molecule has 0 bridgehead atoms. The molecule has 0 saturated heterocycles. The molecule has 1 aromatic carbocycles. The third kappa shape index (κ3) is 3.24. The molecule has 2 aliphatic rings. The summed E-state index contributed by atoms with van der Waals surface area (Å²) < 4.78 is 24.1. The van der Waals surface area contributed by atoms with E-state index in [1.165, 1.54) is 19.3 Å². The summed E-state index contributed by atoms with van der Waals surface area (Å²) in [5, 5.41) is 3.54. The molecule has 1 saturated carbocycles. The molecule has 3 unspecified atom stereocenters. The molecule has 0 amide bonds. The Kier molecular flexibility index (Phi) is 4.80. The van der Waals surface area contributed by atoms with Crippen LogP contribution in [0.4, 0.5) is 0 Å². The molecule has 1 N–H and O–H groups in total. The average Bonchev–Trinajstić information content (AvgIpc) is 2.79. The maximum atomic E-state index is 13.0. The minimum absolute atomic E-state index is 0.181. The molecule has 1 fully saturated rings. The summed E-state index contributed by atoms with van der Waals surface area (Å²) in [7, 11) is 0.969. The van der Waals surface area contributed by atoms with E-state index in [2.05, 4.69) is 5.32 Å². The van der Waals surface area contributed by atoms with Gasteiger partial charge in [0.25, 0.3) is 0 Å². The SMILES string of the molecule is CNC1CCCCCC1S(=O)c1ccc2c(c1)OCCO2. The van der Waals surface area contributed by atoms with Crippen LogP contribution in [0.25, 0.3) is 0 Å². The van der Waals surface area contributed by atoms with Crippen LogP contribution < -0.4 is 14.8 Å². The summed E-state index contributed by atoms with van der Waals surface area (Å²) in [6.07, 6.45) is 5.76. The average molecular weight is 309 g/mol. The highest BCUT2D eigenvalue weighted by atomic mass is 32.2. The summed E-state index contributed by atoms with van der Waals surface area (Å²) >= 11 is 0. The first kappa shape index (κ1) is 14.9. The van der Waals surface area contributed by atoms with Gasteiger partial charge in [0, 0.05) is 17.0 Å². The van der Waals surface area contributed by atoms with E-state index in [0.29, 0.717) is 19.3 Å². The minimum atomic E-state index is -1.01. The smallest absolute Gasteiger partial charge is 0.162 e. The maximum absolute atomic E-state index is 13.0. The first-order chi connectivity index (χ1) is 10.3. The van der Waals surface area contributed by atoms with Crippen LogP contribution in [0.2, 0.25) is 0 Å². The van der Waals surface area contributed by atoms with Crippen molar-refractivity contribution in [2.45, 2.75) is 48.3 Å². The standard InChI is InChI=1S/C16H23NO3S/c1-17-13-5-3-2-4-6-16(13)21(18)12-7-8-14-15(11-12)20-10-9-19-14/h7-8,11,13,16-17H,2-6,9-10H2,1H3. The third-order valence-corrected chi connectivity index (χ3v) is 6.18. The molecule has 4 nitrogen and oxygen atoms in total. The van der Waals surface area contributed by atoms with Gasteiger partial charge in [-0.05, 0) is 32.0 Å². The Labute approximate surface area is 128 Å². The number of fused-ring (bicyclic) bond motifs is 1. The second-order valence-corrected chi connectivity index (χ2v) is 7.35. The molecule has 3 rings (SSSR count). The number of nitrogens with one attached hydrogen (secondary N) is 1. The summed E-state index contributed by atoms with van der Waals surface area (Å²) in [6, 6.07) is 6.03. The van der Waals surface area contributed by atoms with Crippen molar-refractivity contribution in [1.82, 2.24) is 5.32 Å². The molecule has 21 heavy (non-hydrogen) atoms. The van der Waals surface area contributed by atoms with E-state index in [0.717, 1.165) is 29.2 Å². The zero-order valence-electron chi connectivity index (χ0n) is 12.5. The molecule has 0 aromatic heterocycles. The van der Waals surface area contributed by atoms with Crippen molar-refractivity contribution in [1.29, 1.82) is 0 Å². The van der Waals surface area contributed by atoms with Gasteiger partial charge in [-0.1, -0.05) is 19.3 Å². The molecule has 3 atom stereocenters. The summed E-state index contributed by atoms with van der Waals surface area (Å²) in [5.74, 6) is 1.48. The highest BCUT2D eigenvalue weighted by Gasteiger charge is 2.29. The lowest BCUT2D eigenvalue weighted by atomic mass is 10.1. The minimum Gasteiger partial charge on any atom is -0.486 e. The van der Waals surface area contributed by atoms with Crippen molar-refractivity contribution in [3.8, 4) is 11.5 Å². The van der Waals surface area contributed by atoms with E-state index >= 15 is 0 Å². The monoisotopic (exact) mass is 309 g/mol. The van der Waals surface area contributed by atoms with Gasteiger partial charge in [-0.25, -0.2) is 0 Å². The molecule has 1 aliphatic heterocycles. The molecule has 1 heterocycles. The Morgan fingerprint density at radius 2 is 1.86 bits per heavy atom. The topological polar surface area (TPSA) is 47.6 Å². The molecular formula is C16H23NO3S. The van der Waals surface area contributed by atoms with Crippen LogP contribution in [0.1, 0.15) is 32.1 Å². The van der Waals surface area contributed by atoms with E-state index in [-0.39, 0.29) is 5.25 Å². The maximum Gasteiger partial charge on any atom is 0.162 e.